The molecule has 0 atom stereocenters. The molecule has 0 saturated carbocycles. The quantitative estimate of drug-likeness (QED) is 0.890. The molecular formula is C15H14N2O3. The van der Waals surface area contributed by atoms with E-state index in [2.05, 4.69) is 10.3 Å². The van der Waals surface area contributed by atoms with Crippen LogP contribution in [-0.4, -0.2) is 22.0 Å². The molecule has 1 aromatic heterocycles. The van der Waals surface area contributed by atoms with Gasteiger partial charge in [0.1, 0.15) is 0 Å². The number of nitrogens with zero attached hydrogens (tertiary/aromatic N) is 1. The van der Waals surface area contributed by atoms with Crippen LogP contribution in [0.1, 0.15) is 32.0 Å². The number of aryl methyl sites for hydroxylation is 1. The maximum absolute atomic E-state index is 11.9. The topological polar surface area (TPSA) is 79.3 Å². The van der Waals surface area contributed by atoms with Crippen molar-refractivity contribution in [2.24, 2.45) is 0 Å². The van der Waals surface area contributed by atoms with Gasteiger partial charge in [0.15, 0.2) is 0 Å². The lowest BCUT2D eigenvalue weighted by Crippen LogP contribution is -2.23. The third kappa shape index (κ3) is 3.41. The number of pyridine rings is 1. The summed E-state index contributed by atoms with van der Waals surface area (Å²) >= 11 is 0. The van der Waals surface area contributed by atoms with Crippen LogP contribution in [0.4, 0.5) is 0 Å². The maximum Gasteiger partial charge on any atom is 0.335 e. The summed E-state index contributed by atoms with van der Waals surface area (Å²) in [6.45, 7) is 2.14. The number of aromatic carboxylic acids is 1. The van der Waals surface area contributed by atoms with E-state index in [0.29, 0.717) is 11.3 Å². The molecule has 0 aliphatic rings. The second-order valence-corrected chi connectivity index (χ2v) is 4.39. The predicted octanol–water partition coefficient (Wildman–Crippen LogP) is 2.02. The normalized spacial score (nSPS) is 10.1. The van der Waals surface area contributed by atoms with E-state index in [4.69, 9.17) is 5.11 Å². The van der Waals surface area contributed by atoms with Gasteiger partial charge >= 0.3 is 5.97 Å². The van der Waals surface area contributed by atoms with Crippen LogP contribution in [0.3, 0.4) is 0 Å². The van der Waals surface area contributed by atoms with Crippen LogP contribution in [0.15, 0.2) is 42.6 Å². The van der Waals surface area contributed by atoms with Crippen molar-refractivity contribution in [2.75, 3.05) is 0 Å². The lowest BCUT2D eigenvalue weighted by molar-refractivity contribution is 0.0696. The standard InChI is InChI=1S/C15H14N2O3/c1-10-2-4-11(5-3-10)14(18)17-9-13-8-12(15(19)20)6-7-16-13/h2-8H,9H2,1H3,(H,17,18)(H,19,20). The molecule has 5 heteroatoms. The van der Waals surface area contributed by atoms with E-state index < -0.39 is 5.97 Å². The van der Waals surface area contributed by atoms with Gasteiger partial charge in [0.2, 0.25) is 0 Å². The zero-order valence-electron chi connectivity index (χ0n) is 11.0. The van der Waals surface area contributed by atoms with Crippen molar-refractivity contribution < 1.29 is 14.7 Å². The average Bonchev–Trinajstić information content (AvgIpc) is 2.46. The summed E-state index contributed by atoms with van der Waals surface area (Å²) in [7, 11) is 0. The minimum atomic E-state index is -1.02. The lowest BCUT2D eigenvalue weighted by atomic mass is 10.1. The minimum Gasteiger partial charge on any atom is -0.478 e. The predicted molar refractivity (Wildman–Crippen MR) is 73.5 cm³/mol. The van der Waals surface area contributed by atoms with Crippen molar-refractivity contribution in [3.05, 3.63) is 65.0 Å². The molecule has 0 bridgehead atoms. The van der Waals surface area contributed by atoms with Crippen molar-refractivity contribution >= 4 is 11.9 Å². The summed E-state index contributed by atoms with van der Waals surface area (Å²) in [6, 6.07) is 10.1. The molecule has 0 fully saturated rings. The zero-order valence-corrected chi connectivity index (χ0v) is 11.0. The Labute approximate surface area is 116 Å². The second kappa shape index (κ2) is 5.97. The lowest BCUT2D eigenvalue weighted by Gasteiger charge is -2.05. The molecular weight excluding hydrogens is 256 g/mol. The Morgan fingerprint density at radius 2 is 1.85 bits per heavy atom. The molecule has 2 aromatic rings. The van der Waals surface area contributed by atoms with Crippen LogP contribution in [-0.2, 0) is 6.54 Å². The van der Waals surface area contributed by atoms with Gasteiger partial charge in [-0.25, -0.2) is 4.79 Å². The number of hydrogen-bond acceptors (Lipinski definition) is 3. The first kappa shape index (κ1) is 13.7. The highest BCUT2D eigenvalue weighted by molar-refractivity contribution is 5.94. The number of carbonyl (C=O) groups is 2. The monoisotopic (exact) mass is 270 g/mol. The molecule has 1 heterocycles. The van der Waals surface area contributed by atoms with Crippen LogP contribution < -0.4 is 5.32 Å². The minimum absolute atomic E-state index is 0.152. The summed E-state index contributed by atoms with van der Waals surface area (Å²) in [6.07, 6.45) is 1.41. The fourth-order valence-electron chi connectivity index (χ4n) is 1.69. The molecule has 1 amide bonds. The molecule has 2 N–H and O–H groups in total. The van der Waals surface area contributed by atoms with Crippen molar-refractivity contribution in [2.45, 2.75) is 13.5 Å². The highest BCUT2D eigenvalue weighted by Crippen LogP contribution is 2.05. The van der Waals surface area contributed by atoms with Crippen molar-refractivity contribution in [1.29, 1.82) is 0 Å². The van der Waals surface area contributed by atoms with Crippen LogP contribution in [0.25, 0.3) is 0 Å². The number of hydrogen-bond donors (Lipinski definition) is 2. The van der Waals surface area contributed by atoms with Crippen LogP contribution >= 0.6 is 0 Å². The Morgan fingerprint density at radius 3 is 2.50 bits per heavy atom. The molecule has 102 valence electrons. The van der Waals surface area contributed by atoms with Gasteiger partial charge in [0.05, 0.1) is 17.8 Å². The first-order valence-corrected chi connectivity index (χ1v) is 6.09. The molecule has 2 rings (SSSR count). The summed E-state index contributed by atoms with van der Waals surface area (Å²) in [4.78, 5) is 26.7. The Bertz CT molecular complexity index is 636. The number of nitrogens with one attached hydrogen (secondary N) is 1. The van der Waals surface area contributed by atoms with E-state index in [1.54, 1.807) is 12.1 Å². The van der Waals surface area contributed by atoms with Gasteiger partial charge in [-0.05, 0) is 31.2 Å². The van der Waals surface area contributed by atoms with E-state index in [0.717, 1.165) is 5.56 Å². The first-order valence-electron chi connectivity index (χ1n) is 6.09. The van der Waals surface area contributed by atoms with Gasteiger partial charge in [0, 0.05) is 11.8 Å². The Morgan fingerprint density at radius 1 is 1.15 bits per heavy atom. The summed E-state index contributed by atoms with van der Waals surface area (Å²) < 4.78 is 0. The van der Waals surface area contributed by atoms with Crippen LogP contribution in [0.2, 0.25) is 0 Å². The number of carboxylic acids is 1. The molecule has 0 aliphatic carbocycles. The zero-order chi connectivity index (χ0) is 14.5. The Balaban J connectivity index is 2.01. The van der Waals surface area contributed by atoms with Gasteiger partial charge in [-0.1, -0.05) is 17.7 Å². The Hall–Kier alpha value is -2.69. The first-order chi connectivity index (χ1) is 9.56. The fourth-order valence-corrected chi connectivity index (χ4v) is 1.69. The third-order valence-electron chi connectivity index (χ3n) is 2.81. The molecule has 0 aliphatic heterocycles. The van der Waals surface area contributed by atoms with E-state index >= 15 is 0 Å². The number of carboxylic acid groups (broad SMARTS) is 1. The molecule has 0 spiro atoms. The molecule has 0 unspecified atom stereocenters. The summed E-state index contributed by atoms with van der Waals surface area (Å²) in [5.41, 5.74) is 2.30. The number of aromatic nitrogens is 1. The second-order valence-electron chi connectivity index (χ2n) is 4.39. The van der Waals surface area contributed by atoms with E-state index in [1.165, 1.54) is 18.3 Å². The SMILES string of the molecule is Cc1ccc(C(=O)NCc2cc(C(=O)O)ccn2)cc1. The van der Waals surface area contributed by atoms with E-state index in [1.807, 2.05) is 19.1 Å². The van der Waals surface area contributed by atoms with Crippen LogP contribution in [0, 0.1) is 6.92 Å². The highest BCUT2D eigenvalue weighted by atomic mass is 16.4. The summed E-state index contributed by atoms with van der Waals surface area (Å²) in [5, 5.41) is 11.6. The van der Waals surface area contributed by atoms with Gasteiger partial charge in [0.25, 0.3) is 5.91 Å². The number of benzene rings is 1. The Kier molecular flexibility index (Phi) is 4.10. The third-order valence-corrected chi connectivity index (χ3v) is 2.81. The number of amides is 1. The maximum atomic E-state index is 11.9. The van der Waals surface area contributed by atoms with Crippen molar-refractivity contribution in [3.8, 4) is 0 Å². The van der Waals surface area contributed by atoms with Gasteiger partial charge in [-0.15, -0.1) is 0 Å². The largest absolute Gasteiger partial charge is 0.478 e. The molecule has 0 saturated heterocycles. The highest BCUT2D eigenvalue weighted by Gasteiger charge is 2.07. The van der Waals surface area contributed by atoms with Crippen LogP contribution in [0.5, 0.6) is 0 Å². The summed E-state index contributed by atoms with van der Waals surface area (Å²) in [5.74, 6) is -1.23. The number of rotatable bonds is 4. The number of carbonyl (C=O) groups excluding carboxylic acids is 1. The fraction of sp³-hybridized carbons (Fsp3) is 0.133. The van der Waals surface area contributed by atoms with Crippen molar-refractivity contribution in [1.82, 2.24) is 10.3 Å². The molecule has 0 radical (unpaired) electrons. The van der Waals surface area contributed by atoms with E-state index in [9.17, 15) is 9.59 Å². The molecule has 1 aromatic carbocycles. The van der Waals surface area contributed by atoms with Crippen molar-refractivity contribution in [3.63, 3.8) is 0 Å². The van der Waals surface area contributed by atoms with Gasteiger partial charge in [-0.3, -0.25) is 9.78 Å². The molecule has 20 heavy (non-hydrogen) atoms. The average molecular weight is 270 g/mol. The molecule has 5 nitrogen and oxygen atoms in total. The van der Waals surface area contributed by atoms with Gasteiger partial charge < -0.3 is 10.4 Å². The van der Waals surface area contributed by atoms with Gasteiger partial charge in [-0.2, -0.15) is 0 Å². The van der Waals surface area contributed by atoms with E-state index in [-0.39, 0.29) is 18.0 Å². The smallest absolute Gasteiger partial charge is 0.335 e.